The number of amides is 3. The number of nitrogens with one attached hydrogen (secondary N) is 2. The van der Waals surface area contributed by atoms with Crippen LogP contribution in [0.5, 0.6) is 0 Å². The van der Waals surface area contributed by atoms with Gasteiger partial charge in [-0.05, 0) is 56.9 Å². The van der Waals surface area contributed by atoms with E-state index in [4.69, 9.17) is 0 Å². The van der Waals surface area contributed by atoms with Gasteiger partial charge in [0.15, 0.2) is 0 Å². The quantitative estimate of drug-likeness (QED) is 0.459. The van der Waals surface area contributed by atoms with Crippen molar-refractivity contribution < 1.29 is 19.6 Å². The highest BCUT2D eigenvalue weighted by Gasteiger charge is 2.37. The molecule has 2 heterocycles. The third-order valence-corrected chi connectivity index (χ3v) is 7.00. The molecule has 3 atom stereocenters. The number of hydrogen-bond acceptors (Lipinski definition) is 6. The molecule has 1 saturated carbocycles. The number of allylic oxidation sites excluding steroid dienone is 1. The summed E-state index contributed by atoms with van der Waals surface area (Å²) in [7, 11) is 0. The lowest BCUT2D eigenvalue weighted by Gasteiger charge is -2.29. The van der Waals surface area contributed by atoms with Crippen molar-refractivity contribution in [2.24, 2.45) is 5.92 Å². The van der Waals surface area contributed by atoms with E-state index in [2.05, 4.69) is 16.1 Å². The zero-order valence-electron chi connectivity index (χ0n) is 17.7. The minimum Gasteiger partial charge on any atom is -0.342 e. The lowest BCUT2D eigenvalue weighted by molar-refractivity contribution is -0.151. The van der Waals surface area contributed by atoms with Crippen LogP contribution in [-0.4, -0.2) is 69.9 Å². The zero-order chi connectivity index (χ0) is 21.5. The van der Waals surface area contributed by atoms with Crippen molar-refractivity contribution in [3.05, 3.63) is 12.2 Å². The van der Waals surface area contributed by atoms with Crippen molar-refractivity contribution in [2.45, 2.75) is 75.6 Å². The Hall–Kier alpha value is -1.58. The first-order valence-corrected chi connectivity index (χ1v) is 12.0. The van der Waals surface area contributed by atoms with Gasteiger partial charge in [0, 0.05) is 24.3 Å². The molecule has 3 amide bonds. The first kappa shape index (κ1) is 23.1. The van der Waals surface area contributed by atoms with Crippen LogP contribution < -0.4 is 10.0 Å². The molecule has 2 unspecified atom stereocenters. The molecule has 1 aliphatic carbocycles. The first-order valence-electron chi connectivity index (χ1n) is 11.1. The summed E-state index contributed by atoms with van der Waals surface area (Å²) in [5.41, 5.74) is 0. The van der Waals surface area contributed by atoms with Crippen LogP contribution in [0.3, 0.4) is 0 Å². The smallest absolute Gasteiger partial charge is 0.252 e. The van der Waals surface area contributed by atoms with E-state index >= 15 is 0 Å². The summed E-state index contributed by atoms with van der Waals surface area (Å²) >= 11 is 1.43. The van der Waals surface area contributed by atoms with Gasteiger partial charge in [-0.2, -0.15) is 5.06 Å². The fourth-order valence-corrected chi connectivity index (χ4v) is 4.68. The summed E-state index contributed by atoms with van der Waals surface area (Å²) < 4.78 is 2.90. The summed E-state index contributed by atoms with van der Waals surface area (Å²) in [5, 5.41) is 14.5. The van der Waals surface area contributed by atoms with Crippen molar-refractivity contribution >= 4 is 29.7 Å². The fourth-order valence-electron chi connectivity index (χ4n) is 3.90. The number of hydrogen-bond donors (Lipinski definition) is 3. The van der Waals surface area contributed by atoms with Crippen LogP contribution >= 0.6 is 11.9 Å². The summed E-state index contributed by atoms with van der Waals surface area (Å²) in [6, 6.07) is -1.28. The molecular formula is C21H34N4O4S. The van der Waals surface area contributed by atoms with Gasteiger partial charge in [0.25, 0.3) is 5.91 Å². The van der Waals surface area contributed by atoms with Gasteiger partial charge in [-0.15, -0.1) is 0 Å². The van der Waals surface area contributed by atoms with Gasteiger partial charge in [-0.3, -0.25) is 19.1 Å². The van der Waals surface area contributed by atoms with Gasteiger partial charge >= 0.3 is 0 Å². The third-order valence-electron chi connectivity index (χ3n) is 5.88. The SMILES string of the molecule is C[C@H]1/C=C\CCCCCN(O)CC(=O)N2CCCC2C(=O)NC1C(=O)NSC1CC1. The summed E-state index contributed by atoms with van der Waals surface area (Å²) in [6.45, 7) is 2.77. The Morgan fingerprint density at radius 3 is 2.73 bits per heavy atom. The van der Waals surface area contributed by atoms with Crippen molar-refractivity contribution in [1.29, 1.82) is 0 Å². The maximum atomic E-state index is 13.0. The Labute approximate surface area is 182 Å². The maximum Gasteiger partial charge on any atom is 0.252 e. The van der Waals surface area contributed by atoms with Crippen molar-refractivity contribution in [3.8, 4) is 0 Å². The number of hydroxylamine groups is 2. The summed E-state index contributed by atoms with van der Waals surface area (Å²) in [4.78, 5) is 40.1. The largest absolute Gasteiger partial charge is 0.342 e. The molecule has 0 aromatic rings. The van der Waals surface area contributed by atoms with Gasteiger partial charge in [0.1, 0.15) is 18.6 Å². The molecule has 2 fully saturated rings. The summed E-state index contributed by atoms with van der Waals surface area (Å²) in [6.07, 6.45) is 11.2. The molecule has 0 aromatic heterocycles. The number of carbonyl (C=O) groups excluding carboxylic acids is 3. The monoisotopic (exact) mass is 438 g/mol. The molecule has 30 heavy (non-hydrogen) atoms. The van der Waals surface area contributed by atoms with Gasteiger partial charge in [-0.25, -0.2) is 0 Å². The lowest BCUT2D eigenvalue weighted by atomic mass is 9.99. The molecule has 0 aromatic carbocycles. The van der Waals surface area contributed by atoms with E-state index < -0.39 is 12.1 Å². The Morgan fingerprint density at radius 1 is 1.17 bits per heavy atom. The molecule has 0 bridgehead atoms. The number of carbonyl (C=O) groups is 3. The highest BCUT2D eigenvalue weighted by atomic mass is 32.2. The van der Waals surface area contributed by atoms with E-state index in [9.17, 15) is 19.6 Å². The Morgan fingerprint density at radius 2 is 1.97 bits per heavy atom. The van der Waals surface area contributed by atoms with Crippen LogP contribution in [0.4, 0.5) is 0 Å². The predicted molar refractivity (Wildman–Crippen MR) is 116 cm³/mol. The molecule has 0 radical (unpaired) electrons. The molecule has 3 aliphatic rings. The minimum atomic E-state index is -0.681. The van der Waals surface area contributed by atoms with E-state index in [0.717, 1.165) is 50.0 Å². The van der Waals surface area contributed by atoms with E-state index in [1.807, 2.05) is 13.0 Å². The van der Waals surface area contributed by atoms with Gasteiger partial charge in [0.2, 0.25) is 11.8 Å². The minimum absolute atomic E-state index is 0.109. The van der Waals surface area contributed by atoms with E-state index in [1.54, 1.807) is 4.90 Å². The van der Waals surface area contributed by atoms with Crippen molar-refractivity contribution in [1.82, 2.24) is 20.0 Å². The van der Waals surface area contributed by atoms with Crippen LogP contribution in [0.2, 0.25) is 0 Å². The highest BCUT2D eigenvalue weighted by molar-refractivity contribution is 7.98. The standard InChI is InChI=1S/C21H34N4O4S/c1-15-8-5-3-2-4-6-12-24(29)14-18(26)25-13-7-9-17(25)20(27)22-19(15)21(28)23-30-16-10-11-16/h5,8,15-17,19,29H,2-4,6-7,9-14H2,1H3,(H,22,27)(H,23,28)/b8-5-/t15-,17?,19?/m0/s1. The Balaban J connectivity index is 1.73. The number of nitrogens with zero attached hydrogens (tertiary/aromatic N) is 2. The van der Waals surface area contributed by atoms with E-state index in [-0.39, 0.29) is 30.2 Å². The number of fused-ring (bicyclic) bond motifs is 1. The average Bonchev–Trinajstić information content (AvgIpc) is 3.41. The van der Waals surface area contributed by atoms with E-state index in [0.29, 0.717) is 24.8 Å². The van der Waals surface area contributed by atoms with Crippen LogP contribution in [0.1, 0.15) is 58.3 Å². The lowest BCUT2D eigenvalue weighted by Crippen LogP contribution is -2.55. The van der Waals surface area contributed by atoms with Crippen LogP contribution in [0.15, 0.2) is 12.2 Å². The molecule has 168 valence electrons. The molecular weight excluding hydrogens is 404 g/mol. The second kappa shape index (κ2) is 11.2. The second-order valence-corrected chi connectivity index (χ2v) is 9.65. The molecule has 3 N–H and O–H groups in total. The molecule has 3 rings (SSSR count). The van der Waals surface area contributed by atoms with Crippen LogP contribution in [0, 0.1) is 5.92 Å². The van der Waals surface area contributed by atoms with Crippen LogP contribution in [0.25, 0.3) is 0 Å². The molecule has 0 spiro atoms. The van der Waals surface area contributed by atoms with E-state index in [1.165, 1.54) is 11.9 Å². The average molecular weight is 439 g/mol. The van der Waals surface area contributed by atoms with Gasteiger partial charge < -0.3 is 15.4 Å². The predicted octanol–water partition coefficient (Wildman–Crippen LogP) is 1.85. The summed E-state index contributed by atoms with van der Waals surface area (Å²) in [5.74, 6) is -0.897. The second-order valence-electron chi connectivity index (χ2n) is 8.54. The highest BCUT2D eigenvalue weighted by Crippen LogP contribution is 2.32. The number of rotatable bonds is 3. The topological polar surface area (TPSA) is 102 Å². The molecule has 1 saturated heterocycles. The van der Waals surface area contributed by atoms with Gasteiger partial charge in [0.05, 0.1) is 0 Å². The Bertz CT molecular complexity index is 655. The maximum absolute atomic E-state index is 13.0. The molecule has 9 heteroatoms. The van der Waals surface area contributed by atoms with Crippen molar-refractivity contribution in [2.75, 3.05) is 19.6 Å². The Kier molecular flexibility index (Phi) is 8.59. The fraction of sp³-hybridized carbons (Fsp3) is 0.762. The van der Waals surface area contributed by atoms with Crippen LogP contribution in [-0.2, 0) is 14.4 Å². The normalized spacial score (nSPS) is 31.1. The first-order chi connectivity index (χ1) is 14.5. The zero-order valence-corrected chi connectivity index (χ0v) is 18.5. The van der Waals surface area contributed by atoms with Crippen molar-refractivity contribution in [3.63, 3.8) is 0 Å². The third kappa shape index (κ3) is 6.72. The van der Waals surface area contributed by atoms with Gasteiger partial charge in [-0.1, -0.05) is 25.5 Å². The molecule has 8 nitrogen and oxygen atoms in total. The molecule has 2 aliphatic heterocycles.